The molecule has 0 fully saturated rings. The molecule has 0 spiro atoms. The lowest BCUT2D eigenvalue weighted by molar-refractivity contribution is -0.142. The molecule has 7 heteroatoms. The number of esters is 1. The van der Waals surface area contributed by atoms with Crippen LogP contribution in [0.25, 0.3) is 16.5 Å². The van der Waals surface area contributed by atoms with Gasteiger partial charge in [0.25, 0.3) is 5.91 Å². The first-order valence-corrected chi connectivity index (χ1v) is 8.62. The molecule has 26 heavy (non-hydrogen) atoms. The summed E-state index contributed by atoms with van der Waals surface area (Å²) < 4.78 is 18.9. The van der Waals surface area contributed by atoms with Crippen LogP contribution in [0.1, 0.15) is 38.3 Å². The first-order valence-electron chi connectivity index (χ1n) is 8.62. The van der Waals surface area contributed by atoms with Crippen molar-refractivity contribution in [3.8, 4) is 0 Å². The van der Waals surface area contributed by atoms with Gasteiger partial charge >= 0.3 is 5.97 Å². The van der Waals surface area contributed by atoms with E-state index < -0.39 is 18.0 Å². The fourth-order valence-corrected chi connectivity index (χ4v) is 3.21. The highest BCUT2D eigenvalue weighted by Gasteiger charge is 2.39. The van der Waals surface area contributed by atoms with Crippen LogP contribution in [0.15, 0.2) is 29.8 Å². The van der Waals surface area contributed by atoms with Crippen molar-refractivity contribution in [1.29, 1.82) is 0 Å². The third-order valence-electron chi connectivity index (χ3n) is 4.41. The third-order valence-corrected chi connectivity index (χ3v) is 4.41. The summed E-state index contributed by atoms with van der Waals surface area (Å²) in [6.45, 7) is 2.08. The molecular weight excluding hydrogens is 339 g/mol. The molecule has 1 atom stereocenters. The molecule has 2 aromatic rings. The van der Waals surface area contributed by atoms with E-state index in [4.69, 9.17) is 4.74 Å². The Morgan fingerprint density at radius 1 is 1.35 bits per heavy atom. The van der Waals surface area contributed by atoms with E-state index in [9.17, 15) is 14.0 Å². The number of hydrogen-bond acceptors (Lipinski definition) is 4. The van der Waals surface area contributed by atoms with Crippen molar-refractivity contribution in [2.75, 3.05) is 7.11 Å². The van der Waals surface area contributed by atoms with E-state index in [1.165, 1.54) is 19.2 Å². The van der Waals surface area contributed by atoms with Gasteiger partial charge in [0.15, 0.2) is 0 Å². The number of carbonyl (C=O) groups is 2. The molecule has 1 aromatic carbocycles. The lowest BCUT2D eigenvalue weighted by Crippen LogP contribution is -2.26. The van der Waals surface area contributed by atoms with E-state index >= 15 is 0 Å². The maximum Gasteiger partial charge on any atom is 0.344 e. The summed E-state index contributed by atoms with van der Waals surface area (Å²) in [6, 6.07) is 6.17. The molecule has 0 saturated heterocycles. The summed E-state index contributed by atoms with van der Waals surface area (Å²) in [4.78, 5) is 32.4. The van der Waals surface area contributed by atoms with Crippen LogP contribution in [-0.2, 0) is 19.2 Å². The molecule has 3 rings (SSSR count). The minimum atomic E-state index is -0.680. The summed E-state index contributed by atoms with van der Waals surface area (Å²) in [5, 5.41) is 0.784. The Hall–Kier alpha value is -2.67. The number of benzene rings is 1. The second-order valence-electron chi connectivity index (χ2n) is 6.23. The number of rotatable bonds is 7. The van der Waals surface area contributed by atoms with Gasteiger partial charge in [-0.1, -0.05) is 19.8 Å². The first kappa shape index (κ1) is 18.1. The number of aromatic nitrogens is 1. The van der Waals surface area contributed by atoms with Crippen molar-refractivity contribution < 1.29 is 23.6 Å². The normalized spacial score (nSPS) is 17.0. The van der Waals surface area contributed by atoms with Crippen LogP contribution < -0.4 is 5.48 Å². The molecule has 2 N–H and O–H groups in total. The molecule has 6 nitrogen and oxygen atoms in total. The highest BCUT2D eigenvalue weighted by molar-refractivity contribution is 6.24. The maximum absolute atomic E-state index is 13.5. The number of unbranched alkanes of at least 4 members (excludes halogenated alkanes) is 2. The fraction of sp³-hybridized carbons (Fsp3) is 0.368. The number of fused-ring (bicyclic) bond motifs is 1. The highest BCUT2D eigenvalue weighted by Crippen LogP contribution is 2.35. The van der Waals surface area contributed by atoms with Gasteiger partial charge in [-0.25, -0.2) is 14.7 Å². The number of H-pyrrole nitrogens is 1. The van der Waals surface area contributed by atoms with Gasteiger partial charge < -0.3 is 9.72 Å². The smallest absolute Gasteiger partial charge is 0.344 e. The van der Waals surface area contributed by atoms with Crippen molar-refractivity contribution in [3.05, 3.63) is 41.3 Å². The molecule has 2 heterocycles. The third kappa shape index (κ3) is 3.48. The Kier molecular flexibility index (Phi) is 5.37. The predicted octanol–water partition coefficient (Wildman–Crippen LogP) is 3.24. The summed E-state index contributed by atoms with van der Waals surface area (Å²) >= 11 is 0. The average Bonchev–Trinajstić information content (AvgIpc) is 3.15. The summed E-state index contributed by atoms with van der Waals surface area (Å²) in [5.74, 6) is -1.70. The van der Waals surface area contributed by atoms with Gasteiger partial charge in [0.05, 0.1) is 7.11 Å². The van der Waals surface area contributed by atoms with Crippen molar-refractivity contribution in [3.63, 3.8) is 0 Å². The average molecular weight is 360 g/mol. The molecular formula is C19H21FN2O4. The molecule has 138 valence electrons. The van der Waals surface area contributed by atoms with Gasteiger partial charge in [0.2, 0.25) is 0 Å². The number of aromatic amines is 1. The largest absolute Gasteiger partial charge is 0.454 e. The monoisotopic (exact) mass is 360 g/mol. The van der Waals surface area contributed by atoms with Crippen LogP contribution in [0, 0.1) is 5.82 Å². The number of cyclic esters (lactones) is 1. The Balaban J connectivity index is 2.06. The minimum Gasteiger partial charge on any atom is -0.454 e. The minimum absolute atomic E-state index is 0.0830. The van der Waals surface area contributed by atoms with Crippen molar-refractivity contribution in [2.24, 2.45) is 0 Å². The van der Waals surface area contributed by atoms with Gasteiger partial charge in [0.1, 0.15) is 17.5 Å². The van der Waals surface area contributed by atoms with Gasteiger partial charge in [-0.15, -0.1) is 0 Å². The highest BCUT2D eigenvalue weighted by atomic mass is 19.1. The number of hydroxylamine groups is 1. The maximum atomic E-state index is 13.5. The molecule has 0 radical (unpaired) electrons. The summed E-state index contributed by atoms with van der Waals surface area (Å²) in [7, 11) is 1.29. The molecule has 0 bridgehead atoms. The standard InChI is InChI=1S/C19H21FN2O4/c1-3-4-5-6-15-16(17(19(24)26-15)18(23)22-25-2)14-9-11-7-8-12(20)10-13(11)21-14/h7-10,15,21H,3-6H2,1-2H3,(H,22,23). The van der Waals surface area contributed by atoms with Crippen LogP contribution in [0.3, 0.4) is 0 Å². The van der Waals surface area contributed by atoms with E-state index in [1.54, 1.807) is 12.1 Å². The number of hydrogen-bond donors (Lipinski definition) is 2. The number of nitrogens with one attached hydrogen (secondary N) is 2. The molecule has 0 saturated carbocycles. The molecule has 1 aliphatic rings. The van der Waals surface area contributed by atoms with Crippen molar-refractivity contribution in [2.45, 2.75) is 38.7 Å². The Morgan fingerprint density at radius 3 is 2.88 bits per heavy atom. The van der Waals surface area contributed by atoms with E-state index in [0.29, 0.717) is 23.2 Å². The number of ether oxygens (including phenoxy) is 1. The van der Waals surface area contributed by atoms with Crippen LogP contribution in [0.5, 0.6) is 0 Å². The zero-order chi connectivity index (χ0) is 18.7. The quantitative estimate of drug-likeness (QED) is 0.344. The van der Waals surface area contributed by atoms with E-state index in [2.05, 4.69) is 22.2 Å². The Morgan fingerprint density at radius 2 is 2.15 bits per heavy atom. The van der Waals surface area contributed by atoms with E-state index in [-0.39, 0.29) is 11.4 Å². The molecule has 1 aromatic heterocycles. The molecule has 1 amide bonds. The zero-order valence-corrected chi connectivity index (χ0v) is 14.7. The Labute approximate surface area is 150 Å². The van der Waals surface area contributed by atoms with Gasteiger partial charge in [-0.3, -0.25) is 9.63 Å². The first-order chi connectivity index (χ1) is 12.5. The fourth-order valence-electron chi connectivity index (χ4n) is 3.21. The van der Waals surface area contributed by atoms with Crippen LogP contribution in [0.2, 0.25) is 0 Å². The van der Waals surface area contributed by atoms with E-state index in [0.717, 1.165) is 24.6 Å². The zero-order valence-electron chi connectivity index (χ0n) is 14.7. The molecule has 1 aliphatic heterocycles. The second kappa shape index (κ2) is 7.70. The molecule has 1 unspecified atom stereocenters. The summed E-state index contributed by atoms with van der Waals surface area (Å²) in [5.41, 5.74) is 3.73. The lowest BCUT2D eigenvalue weighted by atomic mass is 9.97. The molecule has 0 aliphatic carbocycles. The van der Waals surface area contributed by atoms with Gasteiger partial charge in [0, 0.05) is 22.2 Å². The van der Waals surface area contributed by atoms with Gasteiger partial charge in [-0.05, 0) is 37.1 Å². The number of halogens is 1. The van der Waals surface area contributed by atoms with E-state index in [1.807, 2.05) is 0 Å². The number of amides is 1. The Bertz CT molecular complexity index is 872. The van der Waals surface area contributed by atoms with Crippen LogP contribution in [-0.4, -0.2) is 30.1 Å². The SMILES string of the molecule is CCCCCC1OC(=O)C(C(=O)NOC)=C1c1cc2ccc(F)cc2[nH]1. The van der Waals surface area contributed by atoms with Crippen LogP contribution >= 0.6 is 0 Å². The number of carbonyl (C=O) groups excluding carboxylic acids is 2. The summed E-state index contributed by atoms with van der Waals surface area (Å²) in [6.07, 6.45) is 2.99. The lowest BCUT2D eigenvalue weighted by Gasteiger charge is -2.13. The van der Waals surface area contributed by atoms with Gasteiger partial charge in [-0.2, -0.15) is 0 Å². The topological polar surface area (TPSA) is 80.4 Å². The van der Waals surface area contributed by atoms with Crippen LogP contribution in [0.4, 0.5) is 4.39 Å². The second-order valence-corrected chi connectivity index (χ2v) is 6.23. The van der Waals surface area contributed by atoms with Crippen molar-refractivity contribution >= 4 is 28.4 Å². The predicted molar refractivity (Wildman–Crippen MR) is 94.4 cm³/mol. The van der Waals surface area contributed by atoms with Crippen molar-refractivity contribution in [1.82, 2.24) is 10.5 Å².